The molecule has 2 amide bonds. The molecule has 0 unspecified atom stereocenters. The summed E-state index contributed by atoms with van der Waals surface area (Å²) in [5.41, 5.74) is 0. The molecule has 0 aromatic carbocycles. The Hall–Kier alpha value is -2.35. The van der Waals surface area contributed by atoms with Crippen LogP contribution >= 0.6 is 0 Å². The lowest BCUT2D eigenvalue weighted by Crippen LogP contribution is -2.53. The maximum atomic E-state index is 12.1. The van der Waals surface area contributed by atoms with Crippen molar-refractivity contribution in [2.75, 3.05) is 32.9 Å². The van der Waals surface area contributed by atoms with Crippen LogP contribution in [0.15, 0.2) is 24.4 Å². The number of carbonyl (C=O) groups excluding carboxylic acids is 2. The number of nitrogens with one attached hydrogen (secondary N) is 1. The van der Waals surface area contributed by atoms with Crippen molar-refractivity contribution in [3.8, 4) is 5.88 Å². The molecule has 2 fully saturated rings. The minimum Gasteiger partial charge on any atom is -0.470 e. The van der Waals surface area contributed by atoms with E-state index in [9.17, 15) is 9.59 Å². The monoisotopic (exact) mass is 321 g/mol. The number of rotatable bonds is 5. The van der Waals surface area contributed by atoms with Crippen molar-refractivity contribution in [2.45, 2.75) is 18.6 Å². The summed E-state index contributed by atoms with van der Waals surface area (Å²) in [4.78, 5) is 29.0. The van der Waals surface area contributed by atoms with E-state index < -0.39 is 6.09 Å². The number of aromatic nitrogens is 1. The number of hydrogen-bond donors (Lipinski definition) is 1. The van der Waals surface area contributed by atoms with Crippen molar-refractivity contribution < 1.29 is 23.8 Å². The van der Waals surface area contributed by atoms with Gasteiger partial charge >= 0.3 is 6.09 Å². The number of ether oxygens (including phenoxy) is 3. The number of hydrogen-bond acceptors (Lipinski definition) is 6. The molecule has 1 aromatic rings. The van der Waals surface area contributed by atoms with Gasteiger partial charge in [0.05, 0.1) is 19.2 Å². The van der Waals surface area contributed by atoms with Crippen molar-refractivity contribution in [1.82, 2.24) is 15.2 Å². The first kappa shape index (κ1) is 15.5. The standard InChI is InChI=1S/C15H19N3O5/c19-13(9-18-6-8-22-15(18)20)17-11-4-7-21-10-12(11)23-14-3-1-2-5-16-14/h1-3,5,11-12H,4,6-10H2,(H,17,19)/t11-,12-/m1/s1. The summed E-state index contributed by atoms with van der Waals surface area (Å²) in [6.07, 6.45) is 1.53. The van der Waals surface area contributed by atoms with Crippen LogP contribution in [-0.4, -0.2) is 66.9 Å². The third-order valence-electron chi connectivity index (χ3n) is 3.74. The fourth-order valence-electron chi connectivity index (χ4n) is 2.56. The van der Waals surface area contributed by atoms with Crippen LogP contribution in [0.1, 0.15) is 6.42 Å². The second-order valence-electron chi connectivity index (χ2n) is 5.40. The van der Waals surface area contributed by atoms with Crippen molar-refractivity contribution in [2.24, 2.45) is 0 Å². The Balaban J connectivity index is 1.55. The molecule has 2 atom stereocenters. The molecule has 1 N–H and O–H groups in total. The second kappa shape index (κ2) is 7.28. The molecule has 0 bridgehead atoms. The smallest absolute Gasteiger partial charge is 0.410 e. The molecule has 3 rings (SSSR count). The van der Waals surface area contributed by atoms with Gasteiger partial charge in [0.25, 0.3) is 0 Å². The van der Waals surface area contributed by atoms with Gasteiger partial charge in [-0.3, -0.25) is 9.69 Å². The molecule has 1 aromatic heterocycles. The zero-order valence-corrected chi connectivity index (χ0v) is 12.6. The number of nitrogens with zero attached hydrogens (tertiary/aromatic N) is 2. The fourth-order valence-corrected chi connectivity index (χ4v) is 2.56. The molecular weight excluding hydrogens is 302 g/mol. The Bertz CT molecular complexity index is 553. The van der Waals surface area contributed by atoms with Gasteiger partial charge in [-0.15, -0.1) is 0 Å². The summed E-state index contributed by atoms with van der Waals surface area (Å²) in [6, 6.07) is 5.21. The minimum atomic E-state index is -0.451. The van der Waals surface area contributed by atoms with E-state index in [4.69, 9.17) is 14.2 Å². The largest absolute Gasteiger partial charge is 0.470 e. The van der Waals surface area contributed by atoms with Crippen LogP contribution in [-0.2, 0) is 14.3 Å². The zero-order chi connectivity index (χ0) is 16.1. The summed E-state index contributed by atoms with van der Waals surface area (Å²) < 4.78 is 16.0. The van der Waals surface area contributed by atoms with Gasteiger partial charge in [0.2, 0.25) is 11.8 Å². The van der Waals surface area contributed by atoms with E-state index in [1.807, 2.05) is 6.07 Å². The van der Waals surface area contributed by atoms with Gasteiger partial charge in [-0.1, -0.05) is 6.07 Å². The molecule has 2 aliphatic heterocycles. The average Bonchev–Trinajstić information content (AvgIpc) is 2.95. The minimum absolute atomic E-state index is 0.00744. The Kier molecular flexibility index (Phi) is 4.92. The second-order valence-corrected chi connectivity index (χ2v) is 5.40. The average molecular weight is 321 g/mol. The molecule has 8 nitrogen and oxygen atoms in total. The predicted molar refractivity (Wildman–Crippen MR) is 78.9 cm³/mol. The lowest BCUT2D eigenvalue weighted by atomic mass is 10.1. The molecular formula is C15H19N3O5. The molecule has 0 spiro atoms. The van der Waals surface area contributed by atoms with Gasteiger partial charge in [0.15, 0.2) is 0 Å². The van der Waals surface area contributed by atoms with Crippen LogP contribution in [0.3, 0.4) is 0 Å². The third kappa shape index (κ3) is 4.10. The van der Waals surface area contributed by atoms with E-state index in [0.717, 1.165) is 0 Å². The zero-order valence-electron chi connectivity index (χ0n) is 12.6. The summed E-state index contributed by atoms with van der Waals surface area (Å²) >= 11 is 0. The van der Waals surface area contributed by atoms with Gasteiger partial charge in [-0.25, -0.2) is 9.78 Å². The predicted octanol–water partition coefficient (Wildman–Crippen LogP) is 0.186. The van der Waals surface area contributed by atoms with E-state index in [-0.39, 0.29) is 24.6 Å². The summed E-state index contributed by atoms with van der Waals surface area (Å²) in [5.74, 6) is 0.260. The molecule has 0 saturated carbocycles. The molecule has 124 valence electrons. The highest BCUT2D eigenvalue weighted by Gasteiger charge is 2.31. The van der Waals surface area contributed by atoms with Crippen LogP contribution in [0.5, 0.6) is 5.88 Å². The quantitative estimate of drug-likeness (QED) is 0.832. The van der Waals surface area contributed by atoms with Crippen LogP contribution in [0.25, 0.3) is 0 Å². The highest BCUT2D eigenvalue weighted by Crippen LogP contribution is 2.15. The van der Waals surface area contributed by atoms with Gasteiger partial charge in [-0.05, 0) is 12.5 Å². The number of carbonyl (C=O) groups is 2. The maximum Gasteiger partial charge on any atom is 0.410 e. The lowest BCUT2D eigenvalue weighted by Gasteiger charge is -2.32. The van der Waals surface area contributed by atoms with E-state index in [2.05, 4.69) is 10.3 Å². The summed E-state index contributed by atoms with van der Waals surface area (Å²) in [5, 5.41) is 2.92. The van der Waals surface area contributed by atoms with Crippen molar-refractivity contribution >= 4 is 12.0 Å². The molecule has 3 heterocycles. The van der Waals surface area contributed by atoms with Gasteiger partial charge in [0, 0.05) is 18.9 Å². The molecule has 0 radical (unpaired) electrons. The summed E-state index contributed by atoms with van der Waals surface area (Å²) in [6.45, 7) is 1.70. The Morgan fingerprint density at radius 1 is 1.43 bits per heavy atom. The van der Waals surface area contributed by atoms with Gasteiger partial charge in [-0.2, -0.15) is 0 Å². The fraction of sp³-hybridized carbons (Fsp3) is 0.533. The SMILES string of the molecule is O=C(CN1CCOC1=O)N[C@@H]1CCOC[C@H]1Oc1ccccn1. The first-order chi connectivity index (χ1) is 11.2. The molecule has 2 saturated heterocycles. The molecule has 2 aliphatic rings. The van der Waals surface area contributed by atoms with E-state index in [1.54, 1.807) is 18.3 Å². The highest BCUT2D eigenvalue weighted by molar-refractivity contribution is 5.83. The van der Waals surface area contributed by atoms with Crippen LogP contribution in [0.2, 0.25) is 0 Å². The van der Waals surface area contributed by atoms with Gasteiger partial charge in [0.1, 0.15) is 19.3 Å². The van der Waals surface area contributed by atoms with Gasteiger partial charge < -0.3 is 19.5 Å². The first-order valence-corrected chi connectivity index (χ1v) is 7.59. The molecule has 23 heavy (non-hydrogen) atoms. The lowest BCUT2D eigenvalue weighted by molar-refractivity contribution is -0.124. The third-order valence-corrected chi connectivity index (χ3v) is 3.74. The molecule has 8 heteroatoms. The van der Waals surface area contributed by atoms with Crippen molar-refractivity contribution in [3.63, 3.8) is 0 Å². The van der Waals surface area contributed by atoms with E-state index in [0.29, 0.717) is 38.7 Å². The number of pyridine rings is 1. The van der Waals surface area contributed by atoms with Crippen molar-refractivity contribution in [1.29, 1.82) is 0 Å². The van der Waals surface area contributed by atoms with Crippen LogP contribution < -0.4 is 10.1 Å². The van der Waals surface area contributed by atoms with Crippen LogP contribution in [0, 0.1) is 0 Å². The van der Waals surface area contributed by atoms with E-state index >= 15 is 0 Å². The molecule has 0 aliphatic carbocycles. The number of cyclic esters (lactones) is 1. The Morgan fingerprint density at radius 2 is 2.35 bits per heavy atom. The first-order valence-electron chi connectivity index (χ1n) is 7.59. The van der Waals surface area contributed by atoms with E-state index in [1.165, 1.54) is 4.90 Å². The normalized spacial score (nSPS) is 24.2. The van der Waals surface area contributed by atoms with Crippen molar-refractivity contribution in [3.05, 3.63) is 24.4 Å². The Morgan fingerprint density at radius 3 is 3.09 bits per heavy atom. The maximum absolute atomic E-state index is 12.1. The summed E-state index contributed by atoms with van der Waals surface area (Å²) in [7, 11) is 0. The van der Waals surface area contributed by atoms with Crippen LogP contribution in [0.4, 0.5) is 4.79 Å². The Labute approximate surface area is 133 Å². The number of amides is 2. The topological polar surface area (TPSA) is 90.0 Å². The highest BCUT2D eigenvalue weighted by atomic mass is 16.6.